The number of aliphatic imine (C=N–C) groups is 1. The summed E-state index contributed by atoms with van der Waals surface area (Å²) in [7, 11) is 0. The van der Waals surface area contributed by atoms with Gasteiger partial charge in [-0.15, -0.1) is 0 Å². The van der Waals surface area contributed by atoms with Gasteiger partial charge in [-0.3, -0.25) is 0 Å². The predicted octanol–water partition coefficient (Wildman–Crippen LogP) is 1.97. The lowest BCUT2D eigenvalue weighted by atomic mass is 10.3. The van der Waals surface area contributed by atoms with E-state index >= 15 is 0 Å². The van der Waals surface area contributed by atoms with E-state index in [0.29, 0.717) is 11.8 Å². The summed E-state index contributed by atoms with van der Waals surface area (Å²) in [6, 6.07) is 1.86. The van der Waals surface area contributed by atoms with E-state index in [4.69, 9.17) is 4.52 Å². The lowest BCUT2D eigenvalue weighted by molar-refractivity contribution is 0.404. The molecule has 5 nitrogen and oxygen atoms in total. The maximum atomic E-state index is 4.83. The third kappa shape index (κ3) is 4.16. The summed E-state index contributed by atoms with van der Waals surface area (Å²) in [5, 5.41) is 7.97. The smallest absolute Gasteiger partial charge is 0.194 e. The lowest BCUT2D eigenvalue weighted by Crippen LogP contribution is -2.48. The first-order valence-corrected chi connectivity index (χ1v) is 7.92. The van der Waals surface area contributed by atoms with Crippen LogP contribution in [0.1, 0.15) is 26.0 Å². The van der Waals surface area contributed by atoms with Crippen molar-refractivity contribution in [3.8, 4) is 0 Å². The van der Waals surface area contributed by atoms with Gasteiger partial charge in [0.15, 0.2) is 5.96 Å². The molecule has 0 spiro atoms. The summed E-state index contributed by atoms with van der Waals surface area (Å²) in [5.41, 5.74) is 0.869. The van der Waals surface area contributed by atoms with Crippen LogP contribution in [-0.4, -0.2) is 46.7 Å². The molecule has 1 saturated heterocycles. The number of nitrogens with zero attached hydrogens (tertiary/aromatic N) is 3. The highest BCUT2D eigenvalue weighted by atomic mass is 32.2. The standard InChI is InChI=1S/C13H22N4OS/c1-3-12-10-17(6-8-19-12)13(14-4-2)15-9-11-5-7-18-16-11/h5,7,12H,3-4,6,8-10H2,1-2H3,(H,14,15). The number of rotatable bonds is 4. The van der Waals surface area contributed by atoms with Crippen LogP contribution in [0.4, 0.5) is 0 Å². The lowest BCUT2D eigenvalue weighted by Gasteiger charge is -2.34. The van der Waals surface area contributed by atoms with Crippen molar-refractivity contribution in [2.75, 3.05) is 25.4 Å². The van der Waals surface area contributed by atoms with Gasteiger partial charge in [0.2, 0.25) is 0 Å². The minimum absolute atomic E-state index is 0.569. The molecule has 0 aromatic carbocycles. The minimum atomic E-state index is 0.569. The van der Waals surface area contributed by atoms with E-state index in [1.54, 1.807) is 6.26 Å². The molecule has 1 unspecified atom stereocenters. The Morgan fingerprint density at radius 2 is 2.53 bits per heavy atom. The Balaban J connectivity index is 1.99. The Morgan fingerprint density at radius 1 is 1.63 bits per heavy atom. The van der Waals surface area contributed by atoms with Crippen molar-refractivity contribution in [1.29, 1.82) is 0 Å². The van der Waals surface area contributed by atoms with E-state index in [1.807, 2.05) is 6.07 Å². The maximum Gasteiger partial charge on any atom is 0.194 e. The van der Waals surface area contributed by atoms with Gasteiger partial charge in [0.05, 0.1) is 6.54 Å². The van der Waals surface area contributed by atoms with Crippen molar-refractivity contribution in [3.05, 3.63) is 18.0 Å². The van der Waals surface area contributed by atoms with E-state index in [9.17, 15) is 0 Å². The van der Waals surface area contributed by atoms with E-state index in [2.05, 4.69) is 46.0 Å². The van der Waals surface area contributed by atoms with Crippen LogP contribution < -0.4 is 5.32 Å². The number of thioether (sulfide) groups is 1. The summed E-state index contributed by atoms with van der Waals surface area (Å²) < 4.78 is 4.83. The number of aromatic nitrogens is 1. The molecule has 0 saturated carbocycles. The SMILES string of the molecule is CCNC(=NCc1ccon1)N1CCSC(CC)C1. The second-order valence-corrected chi connectivity index (χ2v) is 5.92. The molecule has 0 amide bonds. The number of nitrogens with one attached hydrogen (secondary N) is 1. The molecule has 2 heterocycles. The van der Waals surface area contributed by atoms with Crippen molar-refractivity contribution in [2.24, 2.45) is 4.99 Å². The van der Waals surface area contributed by atoms with Crippen LogP contribution in [0.2, 0.25) is 0 Å². The van der Waals surface area contributed by atoms with E-state index in [1.165, 1.54) is 12.2 Å². The van der Waals surface area contributed by atoms with Gasteiger partial charge in [-0.25, -0.2) is 4.99 Å². The monoisotopic (exact) mass is 282 g/mol. The zero-order valence-corrected chi connectivity index (χ0v) is 12.4. The average Bonchev–Trinajstić information content (AvgIpc) is 2.97. The van der Waals surface area contributed by atoms with Crippen molar-refractivity contribution in [1.82, 2.24) is 15.4 Å². The molecule has 19 heavy (non-hydrogen) atoms. The summed E-state index contributed by atoms with van der Waals surface area (Å²) in [6.45, 7) is 7.94. The van der Waals surface area contributed by atoms with Gasteiger partial charge in [-0.1, -0.05) is 12.1 Å². The van der Waals surface area contributed by atoms with E-state index in [0.717, 1.165) is 31.3 Å². The first kappa shape index (κ1) is 14.2. The van der Waals surface area contributed by atoms with Crippen LogP contribution in [0.3, 0.4) is 0 Å². The molecule has 1 N–H and O–H groups in total. The molecule has 2 rings (SSSR count). The van der Waals surface area contributed by atoms with Crippen LogP contribution in [-0.2, 0) is 6.54 Å². The molecule has 0 aliphatic carbocycles. The Labute approximate surface area is 118 Å². The molecule has 106 valence electrons. The highest BCUT2D eigenvalue weighted by molar-refractivity contribution is 8.00. The average molecular weight is 282 g/mol. The third-order valence-electron chi connectivity index (χ3n) is 3.11. The second kappa shape index (κ2) is 7.43. The van der Waals surface area contributed by atoms with Gasteiger partial charge in [0.1, 0.15) is 12.0 Å². The van der Waals surface area contributed by atoms with E-state index < -0.39 is 0 Å². The molecular weight excluding hydrogens is 260 g/mol. The summed E-state index contributed by atoms with van der Waals surface area (Å²) in [4.78, 5) is 7.00. The van der Waals surface area contributed by atoms with E-state index in [-0.39, 0.29) is 0 Å². The summed E-state index contributed by atoms with van der Waals surface area (Å²) in [5.74, 6) is 2.16. The molecule has 1 fully saturated rings. The largest absolute Gasteiger partial charge is 0.364 e. The molecule has 1 aliphatic rings. The van der Waals surface area contributed by atoms with Crippen molar-refractivity contribution in [3.63, 3.8) is 0 Å². The molecule has 1 atom stereocenters. The highest BCUT2D eigenvalue weighted by Gasteiger charge is 2.21. The first-order valence-electron chi connectivity index (χ1n) is 6.87. The first-order chi connectivity index (χ1) is 9.33. The zero-order chi connectivity index (χ0) is 13.5. The van der Waals surface area contributed by atoms with Crippen LogP contribution in [0.5, 0.6) is 0 Å². The third-order valence-corrected chi connectivity index (χ3v) is 4.48. The maximum absolute atomic E-state index is 4.83. The van der Waals surface area contributed by atoms with Crippen molar-refractivity contribution < 1.29 is 4.52 Å². The summed E-state index contributed by atoms with van der Waals surface area (Å²) >= 11 is 2.07. The second-order valence-electron chi connectivity index (χ2n) is 4.51. The fraction of sp³-hybridized carbons (Fsp3) is 0.692. The molecule has 6 heteroatoms. The van der Waals surface area contributed by atoms with Crippen molar-refractivity contribution >= 4 is 17.7 Å². The molecule has 1 aromatic rings. The topological polar surface area (TPSA) is 53.7 Å². The number of hydrogen-bond donors (Lipinski definition) is 1. The zero-order valence-electron chi connectivity index (χ0n) is 11.6. The normalized spacial score (nSPS) is 20.6. The predicted molar refractivity (Wildman–Crippen MR) is 79.4 cm³/mol. The van der Waals surface area contributed by atoms with Gasteiger partial charge in [0.25, 0.3) is 0 Å². The number of guanidine groups is 1. The van der Waals surface area contributed by atoms with Gasteiger partial charge < -0.3 is 14.7 Å². The van der Waals surface area contributed by atoms with Gasteiger partial charge >= 0.3 is 0 Å². The fourth-order valence-corrected chi connectivity index (χ4v) is 3.24. The Morgan fingerprint density at radius 3 is 3.21 bits per heavy atom. The molecule has 1 aromatic heterocycles. The number of hydrogen-bond acceptors (Lipinski definition) is 4. The van der Waals surface area contributed by atoms with Crippen LogP contribution in [0.15, 0.2) is 21.8 Å². The Hall–Kier alpha value is -1.17. The van der Waals surface area contributed by atoms with Gasteiger partial charge in [0, 0.05) is 36.7 Å². The molecule has 0 bridgehead atoms. The minimum Gasteiger partial charge on any atom is -0.364 e. The highest BCUT2D eigenvalue weighted by Crippen LogP contribution is 2.21. The van der Waals surface area contributed by atoms with Crippen molar-refractivity contribution in [2.45, 2.75) is 32.1 Å². The van der Waals surface area contributed by atoms with Gasteiger partial charge in [-0.05, 0) is 13.3 Å². The van der Waals surface area contributed by atoms with Crippen LogP contribution in [0, 0.1) is 0 Å². The molecule has 0 radical (unpaired) electrons. The van der Waals surface area contributed by atoms with Crippen LogP contribution in [0.25, 0.3) is 0 Å². The fourth-order valence-electron chi connectivity index (χ4n) is 2.06. The molecular formula is C13H22N4OS. The van der Waals surface area contributed by atoms with Crippen LogP contribution >= 0.6 is 11.8 Å². The quantitative estimate of drug-likeness (QED) is 0.676. The Kier molecular flexibility index (Phi) is 5.57. The van der Waals surface area contributed by atoms with Gasteiger partial charge in [-0.2, -0.15) is 11.8 Å². The Bertz CT molecular complexity index is 393. The molecule has 1 aliphatic heterocycles. The summed E-state index contributed by atoms with van der Waals surface area (Å²) in [6.07, 6.45) is 2.80.